The van der Waals surface area contributed by atoms with Crippen molar-refractivity contribution < 1.29 is 19.1 Å². The maximum atomic E-state index is 12.5. The lowest BCUT2D eigenvalue weighted by Gasteiger charge is -2.23. The van der Waals surface area contributed by atoms with Crippen molar-refractivity contribution in [2.24, 2.45) is 0 Å². The molecule has 0 unspecified atom stereocenters. The molecule has 1 aromatic carbocycles. The number of benzene rings is 1. The van der Waals surface area contributed by atoms with E-state index in [1.807, 2.05) is 24.3 Å². The molecule has 1 amide bonds. The molecule has 0 aliphatic heterocycles. The Bertz CT molecular complexity index is 563. The van der Waals surface area contributed by atoms with Crippen molar-refractivity contribution in [1.82, 2.24) is 4.90 Å². The molecule has 0 aliphatic rings. The second-order valence-electron chi connectivity index (χ2n) is 5.01. The Kier molecular flexibility index (Phi) is 7.60. The minimum atomic E-state index is -0.475. The number of esters is 1. The molecule has 0 spiro atoms. The number of amides is 1. The molecular weight excluding hydrogens is 294 g/mol. The largest absolute Gasteiger partial charge is 0.497 e. The van der Waals surface area contributed by atoms with Gasteiger partial charge in [0.15, 0.2) is 0 Å². The van der Waals surface area contributed by atoms with Crippen molar-refractivity contribution in [2.45, 2.75) is 19.4 Å². The highest BCUT2D eigenvalue weighted by Gasteiger charge is 2.19. The molecule has 0 aliphatic carbocycles. The van der Waals surface area contributed by atoms with Gasteiger partial charge in [-0.05, 0) is 24.1 Å². The van der Waals surface area contributed by atoms with Gasteiger partial charge in [-0.1, -0.05) is 24.8 Å². The van der Waals surface area contributed by atoms with Crippen molar-refractivity contribution in [2.75, 3.05) is 20.8 Å². The minimum Gasteiger partial charge on any atom is -0.497 e. The summed E-state index contributed by atoms with van der Waals surface area (Å²) in [6, 6.07) is 7.48. The van der Waals surface area contributed by atoms with Crippen LogP contribution in [0.2, 0.25) is 0 Å². The number of carbonyl (C=O) groups is 2. The number of methoxy groups -OCH3 is 2. The van der Waals surface area contributed by atoms with Crippen LogP contribution in [0.15, 0.2) is 49.1 Å². The van der Waals surface area contributed by atoms with Crippen LogP contribution in [0.4, 0.5) is 0 Å². The number of hydrogen-bond donors (Lipinski definition) is 0. The zero-order chi connectivity index (χ0) is 17.2. The summed E-state index contributed by atoms with van der Waals surface area (Å²) in [4.78, 5) is 25.4. The third-order valence-electron chi connectivity index (χ3n) is 3.31. The van der Waals surface area contributed by atoms with Crippen LogP contribution in [0.1, 0.15) is 18.4 Å². The zero-order valence-corrected chi connectivity index (χ0v) is 13.7. The van der Waals surface area contributed by atoms with Gasteiger partial charge in [0.05, 0.1) is 20.6 Å². The summed E-state index contributed by atoms with van der Waals surface area (Å²) in [5.74, 6) is 0.0253. The van der Waals surface area contributed by atoms with Gasteiger partial charge < -0.3 is 14.4 Å². The minimum absolute atomic E-state index is 0.109. The number of hydrogen-bond acceptors (Lipinski definition) is 4. The van der Waals surface area contributed by atoms with Gasteiger partial charge in [-0.15, -0.1) is 6.58 Å². The second kappa shape index (κ2) is 9.46. The summed E-state index contributed by atoms with van der Waals surface area (Å²) in [7, 11) is 2.89. The van der Waals surface area contributed by atoms with Crippen LogP contribution >= 0.6 is 0 Å². The van der Waals surface area contributed by atoms with Crippen molar-refractivity contribution in [3.05, 3.63) is 54.6 Å². The molecular formula is C18H23NO4. The second-order valence-corrected chi connectivity index (χ2v) is 5.01. The van der Waals surface area contributed by atoms with E-state index in [9.17, 15) is 9.59 Å². The van der Waals surface area contributed by atoms with Gasteiger partial charge in [0.1, 0.15) is 5.75 Å². The quantitative estimate of drug-likeness (QED) is 0.399. The van der Waals surface area contributed by atoms with E-state index in [1.165, 1.54) is 7.11 Å². The highest BCUT2D eigenvalue weighted by molar-refractivity contribution is 5.97. The molecule has 0 radical (unpaired) electrons. The third-order valence-corrected chi connectivity index (χ3v) is 3.31. The summed E-state index contributed by atoms with van der Waals surface area (Å²) in [5, 5.41) is 0. The lowest BCUT2D eigenvalue weighted by atomic mass is 10.1. The molecule has 23 heavy (non-hydrogen) atoms. The summed E-state index contributed by atoms with van der Waals surface area (Å²) in [6.45, 7) is 8.32. The SMILES string of the molecule is C=CCCN(Cc1ccc(OC)cc1)C(=O)C(=C)CC(=O)OC. The van der Waals surface area contributed by atoms with Crippen LogP contribution in [0, 0.1) is 0 Å². The van der Waals surface area contributed by atoms with Gasteiger partial charge in [-0.2, -0.15) is 0 Å². The molecule has 1 aromatic rings. The Labute approximate surface area is 137 Å². The van der Waals surface area contributed by atoms with Crippen LogP contribution in [-0.2, 0) is 20.9 Å². The molecule has 0 saturated carbocycles. The van der Waals surface area contributed by atoms with Crippen LogP contribution in [-0.4, -0.2) is 37.5 Å². The van der Waals surface area contributed by atoms with Gasteiger partial charge in [0.2, 0.25) is 5.91 Å². The molecule has 0 bridgehead atoms. The van der Waals surface area contributed by atoms with Gasteiger partial charge in [-0.3, -0.25) is 9.59 Å². The van der Waals surface area contributed by atoms with E-state index in [-0.39, 0.29) is 17.9 Å². The molecule has 0 heterocycles. The van der Waals surface area contributed by atoms with Gasteiger partial charge >= 0.3 is 5.97 Å². The van der Waals surface area contributed by atoms with Crippen molar-refractivity contribution in [3.8, 4) is 5.75 Å². The molecule has 1 rings (SSSR count). The van der Waals surface area contributed by atoms with E-state index in [2.05, 4.69) is 17.9 Å². The summed E-state index contributed by atoms with van der Waals surface area (Å²) in [6.07, 6.45) is 2.30. The van der Waals surface area contributed by atoms with Crippen molar-refractivity contribution in [1.29, 1.82) is 0 Å². The summed E-state index contributed by atoms with van der Waals surface area (Å²) in [5.41, 5.74) is 1.18. The third kappa shape index (κ3) is 5.98. The first-order chi connectivity index (χ1) is 11.0. The van der Waals surface area contributed by atoms with Crippen molar-refractivity contribution in [3.63, 3.8) is 0 Å². The maximum absolute atomic E-state index is 12.5. The average molecular weight is 317 g/mol. The molecule has 5 nitrogen and oxygen atoms in total. The Morgan fingerprint density at radius 2 is 1.87 bits per heavy atom. The molecule has 0 atom stereocenters. The lowest BCUT2D eigenvalue weighted by molar-refractivity contribution is -0.141. The first-order valence-electron chi connectivity index (χ1n) is 7.29. The van der Waals surface area contributed by atoms with Gasteiger partial charge in [-0.25, -0.2) is 0 Å². The topological polar surface area (TPSA) is 55.8 Å². The van der Waals surface area contributed by atoms with Gasteiger partial charge in [0, 0.05) is 18.7 Å². The number of ether oxygens (including phenoxy) is 2. The first-order valence-corrected chi connectivity index (χ1v) is 7.29. The van der Waals surface area contributed by atoms with Crippen molar-refractivity contribution >= 4 is 11.9 Å². The number of carbonyl (C=O) groups excluding carboxylic acids is 2. The molecule has 0 N–H and O–H groups in total. The molecule has 0 saturated heterocycles. The molecule has 124 valence electrons. The Morgan fingerprint density at radius 1 is 1.22 bits per heavy atom. The predicted octanol–water partition coefficient (Wildman–Crippen LogP) is 2.72. The molecule has 5 heteroatoms. The van der Waals surface area contributed by atoms with E-state index in [4.69, 9.17) is 4.74 Å². The normalized spacial score (nSPS) is 9.83. The summed E-state index contributed by atoms with van der Waals surface area (Å²) < 4.78 is 9.70. The van der Waals surface area contributed by atoms with E-state index in [0.717, 1.165) is 11.3 Å². The standard InChI is InChI=1S/C18H23NO4/c1-5-6-11-19(18(21)14(2)12-17(20)23-4)13-15-7-9-16(22-3)10-8-15/h5,7-10H,1-2,6,11-13H2,3-4H3. The fourth-order valence-corrected chi connectivity index (χ4v) is 2.00. The van der Waals surface area contributed by atoms with Crippen LogP contribution in [0.3, 0.4) is 0 Å². The fourth-order valence-electron chi connectivity index (χ4n) is 2.00. The average Bonchev–Trinajstić information content (AvgIpc) is 2.58. The monoisotopic (exact) mass is 317 g/mol. The lowest BCUT2D eigenvalue weighted by Crippen LogP contribution is -2.33. The van der Waals surface area contributed by atoms with E-state index < -0.39 is 5.97 Å². The van der Waals surface area contributed by atoms with E-state index in [0.29, 0.717) is 19.5 Å². The van der Waals surface area contributed by atoms with Crippen LogP contribution < -0.4 is 4.74 Å². The number of rotatable bonds is 9. The Morgan fingerprint density at radius 3 is 2.39 bits per heavy atom. The zero-order valence-electron chi connectivity index (χ0n) is 13.7. The predicted molar refractivity (Wildman–Crippen MR) is 89.0 cm³/mol. The van der Waals surface area contributed by atoms with Crippen LogP contribution in [0.25, 0.3) is 0 Å². The Balaban J connectivity index is 2.81. The molecule has 0 aromatic heterocycles. The van der Waals surface area contributed by atoms with Gasteiger partial charge in [0.25, 0.3) is 0 Å². The van der Waals surface area contributed by atoms with Crippen LogP contribution in [0.5, 0.6) is 5.75 Å². The fraction of sp³-hybridized carbons (Fsp3) is 0.333. The summed E-state index contributed by atoms with van der Waals surface area (Å²) >= 11 is 0. The number of nitrogens with zero attached hydrogens (tertiary/aromatic N) is 1. The molecule has 0 fully saturated rings. The highest BCUT2D eigenvalue weighted by Crippen LogP contribution is 2.15. The first kappa shape index (κ1) is 18.5. The smallest absolute Gasteiger partial charge is 0.310 e. The van der Waals surface area contributed by atoms with E-state index >= 15 is 0 Å². The highest BCUT2D eigenvalue weighted by atomic mass is 16.5. The maximum Gasteiger partial charge on any atom is 0.310 e. The Hall–Kier alpha value is -2.56. The van der Waals surface area contributed by atoms with E-state index in [1.54, 1.807) is 18.1 Å².